The van der Waals surface area contributed by atoms with Crippen molar-refractivity contribution >= 4 is 23.7 Å². The molecule has 113 valence electrons. The van der Waals surface area contributed by atoms with E-state index in [0.717, 1.165) is 12.8 Å². The third-order valence-electron chi connectivity index (χ3n) is 2.02. The van der Waals surface area contributed by atoms with Crippen molar-refractivity contribution in [1.82, 2.24) is 0 Å². The van der Waals surface area contributed by atoms with Gasteiger partial charge >= 0.3 is 0 Å². The van der Waals surface area contributed by atoms with Crippen LogP contribution in [0.2, 0.25) is 0 Å². The molecule has 0 fully saturated rings. The van der Waals surface area contributed by atoms with E-state index < -0.39 is 0 Å². The fourth-order valence-corrected chi connectivity index (χ4v) is 1.08. The zero-order valence-electron chi connectivity index (χ0n) is 11.6. The van der Waals surface area contributed by atoms with E-state index in [1.165, 1.54) is 38.5 Å². The summed E-state index contributed by atoms with van der Waals surface area (Å²) in [6.07, 6.45) is 9.36. The number of aliphatic hydroxyl groups is 2. The molecule has 0 aliphatic rings. The van der Waals surface area contributed by atoms with Crippen LogP contribution in [-0.2, 0) is 22.4 Å². The largest absolute Gasteiger partial charge is 0.396 e. The van der Waals surface area contributed by atoms with Crippen LogP contribution in [0.4, 0.5) is 0 Å². The van der Waals surface area contributed by atoms with Gasteiger partial charge in [0.25, 0.3) is 0 Å². The molecule has 3 nitrogen and oxygen atoms in total. The summed E-state index contributed by atoms with van der Waals surface area (Å²) in [6, 6.07) is 0. The minimum absolute atomic E-state index is 0. The molecule has 18 heavy (non-hydrogen) atoms. The normalized spacial score (nSPS) is 8.33. The molecule has 0 amide bonds. The monoisotopic (exact) mass is 341 g/mol. The van der Waals surface area contributed by atoms with Gasteiger partial charge in [-0.15, -0.1) is 0 Å². The van der Waals surface area contributed by atoms with E-state index in [4.69, 9.17) is 10.2 Å². The first-order valence-electron chi connectivity index (χ1n) is 6.36. The molecule has 0 aliphatic carbocycles. The van der Waals surface area contributed by atoms with Crippen LogP contribution in [0.15, 0.2) is 0 Å². The summed E-state index contributed by atoms with van der Waals surface area (Å²) >= 11 is 8.53. The molecule has 0 aliphatic heterocycles. The van der Waals surface area contributed by atoms with Crippen molar-refractivity contribution in [2.45, 2.75) is 65.2 Å². The minimum Gasteiger partial charge on any atom is -0.396 e. The van der Waals surface area contributed by atoms with Gasteiger partial charge in [-0.3, -0.25) is 0 Å². The minimum atomic E-state index is 0. The maximum Gasteiger partial charge on any atom is 0.0832 e. The Morgan fingerprint density at radius 3 is 1.17 bits per heavy atom. The van der Waals surface area contributed by atoms with Crippen molar-refractivity contribution in [3.05, 3.63) is 0 Å². The van der Waals surface area contributed by atoms with E-state index in [-0.39, 0.29) is 18.6 Å². The van der Waals surface area contributed by atoms with Crippen LogP contribution in [0.5, 0.6) is 0 Å². The van der Waals surface area contributed by atoms with Crippen molar-refractivity contribution in [2.24, 2.45) is 0 Å². The molecule has 0 spiro atoms. The standard InChI is InChI=1S/2C6H14O.Cl2O.V/c2*1-2-3-4-5-6-7;1-3-2;/h2*7H,2-6H2,1H3;;. The van der Waals surface area contributed by atoms with E-state index >= 15 is 0 Å². The second-order valence-corrected chi connectivity index (χ2v) is 4.09. The van der Waals surface area contributed by atoms with Crippen LogP contribution in [-0.4, -0.2) is 23.4 Å². The first kappa shape index (κ1) is 27.4. The second-order valence-electron chi connectivity index (χ2n) is 3.63. The Labute approximate surface area is 134 Å². The first-order valence-corrected chi connectivity index (χ1v) is 6.97. The number of hydrogen-bond donors (Lipinski definition) is 2. The van der Waals surface area contributed by atoms with Gasteiger partial charge in [-0.25, -0.2) is 0 Å². The smallest absolute Gasteiger partial charge is 0.0832 e. The van der Waals surface area contributed by atoms with Crippen LogP contribution in [0, 0.1) is 0 Å². The summed E-state index contributed by atoms with van der Waals surface area (Å²) in [6.45, 7) is 5.05. The van der Waals surface area contributed by atoms with Crippen LogP contribution in [0.3, 0.4) is 0 Å². The zero-order valence-corrected chi connectivity index (χ0v) is 14.5. The van der Waals surface area contributed by atoms with Crippen LogP contribution < -0.4 is 0 Å². The van der Waals surface area contributed by atoms with E-state index in [1.54, 1.807) is 0 Å². The number of unbranched alkanes of at least 4 members (excludes halogenated alkanes) is 6. The zero-order chi connectivity index (χ0) is 13.8. The van der Waals surface area contributed by atoms with E-state index in [2.05, 4.69) is 41.4 Å². The molecule has 0 bridgehead atoms. The summed E-state index contributed by atoms with van der Waals surface area (Å²) in [5.41, 5.74) is 0. The molecule has 0 unspecified atom stereocenters. The summed E-state index contributed by atoms with van der Waals surface area (Å²) in [5, 5.41) is 16.6. The number of rotatable bonds is 8. The van der Waals surface area contributed by atoms with Gasteiger partial charge in [0.15, 0.2) is 0 Å². The summed E-state index contributed by atoms with van der Waals surface area (Å²) in [4.78, 5) is 0. The molecule has 6 heteroatoms. The molecule has 0 aromatic carbocycles. The summed E-state index contributed by atoms with van der Waals surface area (Å²) in [5.74, 6) is 0. The quantitative estimate of drug-likeness (QED) is 0.642. The van der Waals surface area contributed by atoms with Gasteiger partial charge in [0.2, 0.25) is 0 Å². The van der Waals surface area contributed by atoms with Gasteiger partial charge in [0, 0.05) is 31.8 Å². The number of halogens is 2. The second kappa shape index (κ2) is 36.1. The molecule has 0 aromatic heterocycles. The summed E-state index contributed by atoms with van der Waals surface area (Å²) in [7, 11) is 0. The van der Waals surface area contributed by atoms with Gasteiger partial charge < -0.3 is 10.2 Å². The van der Waals surface area contributed by atoms with E-state index in [1.807, 2.05) is 0 Å². The van der Waals surface area contributed by atoms with Crippen LogP contribution in [0.1, 0.15) is 65.2 Å². The average Bonchev–Trinajstić information content (AvgIpc) is 2.32. The SMILES string of the molecule is CCCCCCO.CCCCCCO.ClOCl.[V]. The first-order chi connectivity index (χ1) is 8.24. The third-order valence-corrected chi connectivity index (χ3v) is 2.02. The topological polar surface area (TPSA) is 49.7 Å². The predicted octanol–water partition coefficient (Wildman–Crippen LogP) is 4.43. The Bertz CT molecular complexity index is 83.4. The van der Waals surface area contributed by atoms with Gasteiger partial charge in [-0.2, -0.15) is 3.84 Å². The summed E-state index contributed by atoms with van der Waals surface area (Å²) < 4.78 is 3.19. The Morgan fingerprint density at radius 1 is 0.722 bits per heavy atom. The molecule has 0 aromatic rings. The molecular weight excluding hydrogens is 314 g/mol. The predicted molar refractivity (Wildman–Crippen MR) is 75.2 cm³/mol. The van der Waals surface area contributed by atoms with E-state index in [0.29, 0.717) is 13.2 Å². The third kappa shape index (κ3) is 53.6. The Balaban J connectivity index is -0.0000000857. The van der Waals surface area contributed by atoms with Gasteiger partial charge in [0.1, 0.15) is 0 Å². The number of aliphatic hydroxyl groups excluding tert-OH is 2. The molecule has 0 rings (SSSR count). The molecule has 0 atom stereocenters. The molecule has 0 heterocycles. The van der Waals surface area contributed by atoms with Crippen molar-refractivity contribution in [3.63, 3.8) is 0 Å². The maximum atomic E-state index is 8.29. The van der Waals surface area contributed by atoms with Crippen molar-refractivity contribution in [2.75, 3.05) is 13.2 Å². The Kier molecular flexibility index (Phi) is 55.0. The average molecular weight is 342 g/mol. The molecular formula is C12H28Cl2O3V. The Morgan fingerprint density at radius 2 is 1.00 bits per heavy atom. The van der Waals surface area contributed by atoms with Crippen molar-refractivity contribution < 1.29 is 32.6 Å². The van der Waals surface area contributed by atoms with Crippen LogP contribution >= 0.6 is 23.7 Å². The maximum absolute atomic E-state index is 8.29. The van der Waals surface area contributed by atoms with Crippen molar-refractivity contribution in [3.8, 4) is 0 Å². The molecule has 2 N–H and O–H groups in total. The van der Waals surface area contributed by atoms with E-state index in [9.17, 15) is 0 Å². The van der Waals surface area contributed by atoms with Gasteiger partial charge in [-0.1, -0.05) is 52.4 Å². The molecule has 0 saturated carbocycles. The van der Waals surface area contributed by atoms with Gasteiger partial charge in [-0.05, 0) is 12.8 Å². The fraction of sp³-hybridized carbons (Fsp3) is 1.00. The van der Waals surface area contributed by atoms with Gasteiger partial charge in [0.05, 0.1) is 23.7 Å². The van der Waals surface area contributed by atoms with Crippen molar-refractivity contribution in [1.29, 1.82) is 0 Å². The molecule has 1 radical (unpaired) electrons. The number of hydrogen-bond acceptors (Lipinski definition) is 3. The Hall–Kier alpha value is 1.04. The molecule has 0 saturated heterocycles. The fourth-order valence-electron chi connectivity index (χ4n) is 1.08. The van der Waals surface area contributed by atoms with Crippen LogP contribution in [0.25, 0.3) is 0 Å².